The topological polar surface area (TPSA) is 132 Å². The third-order valence-electron chi connectivity index (χ3n) is 11.0. The zero-order valence-corrected chi connectivity index (χ0v) is 34.5. The molecule has 0 spiro atoms. The second-order valence-electron chi connectivity index (χ2n) is 14.9. The number of nitrogens with one attached hydrogen (secondary N) is 1. The van der Waals surface area contributed by atoms with E-state index in [1.807, 2.05) is 93.5 Å². The Labute approximate surface area is 344 Å². The molecule has 10 rings (SSSR count). The number of nitrogens with zero attached hydrogens (tertiary/aromatic N) is 9. The van der Waals surface area contributed by atoms with E-state index >= 15 is 0 Å². The minimum atomic E-state index is 0.205. The molecule has 0 amide bonds. The van der Waals surface area contributed by atoms with E-state index in [0.717, 1.165) is 105 Å². The second kappa shape index (κ2) is 17.2. The molecule has 4 aromatic carbocycles. The van der Waals surface area contributed by atoms with Crippen LogP contribution in [0.3, 0.4) is 0 Å². The van der Waals surface area contributed by atoms with Crippen LogP contribution in [0.2, 0.25) is 0 Å². The molecular weight excluding hydrogens is 737 g/mol. The smallest absolute Gasteiger partial charge is 0.128 e. The van der Waals surface area contributed by atoms with Gasteiger partial charge in [0.25, 0.3) is 0 Å². The van der Waals surface area contributed by atoms with Crippen LogP contribution in [0.15, 0.2) is 109 Å². The number of hydrogen-bond acceptors (Lipinski definition) is 10. The van der Waals surface area contributed by atoms with E-state index in [9.17, 15) is 5.11 Å². The molecule has 2 saturated heterocycles. The molecule has 0 atom stereocenters. The zero-order chi connectivity index (χ0) is 41.0. The van der Waals surface area contributed by atoms with Gasteiger partial charge in [-0.25, -0.2) is 0 Å². The van der Waals surface area contributed by atoms with Gasteiger partial charge in [-0.3, -0.25) is 9.36 Å². The summed E-state index contributed by atoms with van der Waals surface area (Å²) in [5.74, 6) is 1.94. The summed E-state index contributed by atoms with van der Waals surface area (Å²) in [6, 6.07) is 32.4. The van der Waals surface area contributed by atoms with Crippen LogP contribution in [0.5, 0.6) is 11.5 Å². The highest BCUT2D eigenvalue weighted by molar-refractivity contribution is 5.86. The van der Waals surface area contributed by atoms with E-state index in [4.69, 9.17) is 4.74 Å². The van der Waals surface area contributed by atoms with E-state index in [1.54, 1.807) is 17.9 Å². The summed E-state index contributed by atoms with van der Waals surface area (Å²) in [5, 5.41) is 42.6. The first kappa shape index (κ1) is 39.3. The minimum Gasteiger partial charge on any atom is -0.507 e. The molecule has 12 heteroatoms. The molecule has 4 aromatic heterocycles. The number of phenols is 1. The average Bonchev–Trinajstić information content (AvgIpc) is 3.80. The summed E-state index contributed by atoms with van der Waals surface area (Å²) < 4.78 is 9.31. The third-order valence-corrected chi connectivity index (χ3v) is 11.0. The SMILES string of the molecule is CC.CCN1CC(c2ccc(-c3ccc(-c4ccc5nn(C)cc5c4)cc3O)nn2)C1.COc1cc(-c2ccc3nn(C)cc3c2)ccc1-c1ccc(C2CNC2)nn1. The van der Waals surface area contributed by atoms with Crippen LogP contribution >= 0.6 is 0 Å². The number of fused-ring (bicyclic) bond motifs is 2. The first-order valence-corrected chi connectivity index (χ1v) is 20.3. The van der Waals surface area contributed by atoms with Crippen molar-refractivity contribution >= 4 is 21.8 Å². The van der Waals surface area contributed by atoms with Crippen molar-refractivity contribution in [3.05, 3.63) is 121 Å². The normalized spacial score (nSPS) is 14.2. The number of aromatic nitrogens is 8. The van der Waals surface area contributed by atoms with Crippen molar-refractivity contribution in [3.63, 3.8) is 0 Å². The van der Waals surface area contributed by atoms with Crippen LogP contribution < -0.4 is 10.1 Å². The predicted octanol–water partition coefficient (Wildman–Crippen LogP) is 8.24. The van der Waals surface area contributed by atoms with Crippen molar-refractivity contribution in [2.75, 3.05) is 39.8 Å². The van der Waals surface area contributed by atoms with Crippen LogP contribution in [-0.2, 0) is 14.1 Å². The summed E-state index contributed by atoms with van der Waals surface area (Å²) >= 11 is 0. The van der Waals surface area contributed by atoms with Crippen LogP contribution in [-0.4, -0.2) is 89.8 Å². The monoisotopic (exact) mass is 786 g/mol. The Balaban J connectivity index is 0.000000158. The lowest BCUT2D eigenvalue weighted by molar-refractivity contribution is 0.154. The lowest BCUT2D eigenvalue weighted by atomic mass is 9.96. The lowest BCUT2D eigenvalue weighted by Gasteiger charge is -2.37. The van der Waals surface area contributed by atoms with Crippen molar-refractivity contribution in [3.8, 4) is 56.3 Å². The van der Waals surface area contributed by atoms with E-state index in [0.29, 0.717) is 23.1 Å². The largest absolute Gasteiger partial charge is 0.507 e. The molecule has 0 aliphatic carbocycles. The van der Waals surface area contributed by atoms with Gasteiger partial charge < -0.3 is 20.1 Å². The minimum absolute atomic E-state index is 0.205. The number of aromatic hydroxyl groups is 1. The first-order valence-electron chi connectivity index (χ1n) is 20.3. The van der Waals surface area contributed by atoms with E-state index < -0.39 is 0 Å². The van der Waals surface area contributed by atoms with Crippen LogP contribution in [0.4, 0.5) is 0 Å². The van der Waals surface area contributed by atoms with Gasteiger partial charge in [0, 0.05) is 86.4 Å². The van der Waals surface area contributed by atoms with Gasteiger partial charge in [0.05, 0.1) is 40.9 Å². The van der Waals surface area contributed by atoms with Gasteiger partial charge >= 0.3 is 0 Å². The van der Waals surface area contributed by atoms with Crippen LogP contribution in [0.25, 0.3) is 66.6 Å². The highest BCUT2D eigenvalue weighted by Gasteiger charge is 2.28. The summed E-state index contributed by atoms with van der Waals surface area (Å²) in [5.41, 5.74) is 11.4. The number of hydrogen-bond donors (Lipinski definition) is 2. The highest BCUT2D eigenvalue weighted by Crippen LogP contribution is 2.36. The molecule has 0 bridgehead atoms. The molecule has 300 valence electrons. The molecule has 0 radical (unpaired) electrons. The Hall–Kier alpha value is -6.50. The van der Waals surface area contributed by atoms with E-state index in [1.165, 1.54) is 0 Å². The molecule has 0 unspecified atom stereocenters. The number of benzene rings is 4. The molecular formula is C47H50N10O2. The fraction of sp³-hybridized carbons (Fsp3) is 0.277. The Morgan fingerprint density at radius 3 is 1.63 bits per heavy atom. The standard InChI is InChI=1S/C23H23N5O.C22H21N5O.C2H6/c1-3-28-13-18(14-28)20-8-9-22(25-24-20)19-6-4-16(11-23(19)29)15-5-7-21-17(10-15)12-27(2)26-21;1-27-13-16-9-14(4-6-20(16)26-27)15-3-5-18(22(10-15)28-2)21-8-7-19(24-25-21)17-11-23-12-17;1-2/h4-12,18,29H,3,13-14H2,1-2H3;3-10,13,17,23H,11-12H2,1-2H3;1-2H3. The van der Waals surface area contributed by atoms with Gasteiger partial charge in [-0.1, -0.05) is 45.0 Å². The quantitative estimate of drug-likeness (QED) is 0.155. The maximum Gasteiger partial charge on any atom is 0.128 e. The number of phenolic OH excluding ortho intramolecular Hbond substituents is 1. The Morgan fingerprint density at radius 1 is 0.627 bits per heavy atom. The van der Waals surface area contributed by atoms with Crippen molar-refractivity contribution in [2.24, 2.45) is 14.1 Å². The van der Waals surface area contributed by atoms with Gasteiger partial charge in [-0.2, -0.15) is 30.6 Å². The second-order valence-corrected chi connectivity index (χ2v) is 14.9. The maximum absolute atomic E-state index is 10.6. The number of ether oxygens (including phenoxy) is 1. The molecule has 2 aliphatic rings. The number of likely N-dealkylation sites (N-methyl/N-ethyl adjacent to an activating group) is 1. The van der Waals surface area contributed by atoms with E-state index in [2.05, 4.69) is 90.2 Å². The molecule has 8 aromatic rings. The van der Waals surface area contributed by atoms with Crippen molar-refractivity contribution in [1.82, 2.24) is 50.2 Å². The lowest BCUT2D eigenvalue weighted by Crippen LogP contribution is -2.44. The van der Waals surface area contributed by atoms with Gasteiger partial charge in [0.15, 0.2) is 0 Å². The number of likely N-dealkylation sites (tertiary alicyclic amines) is 1. The highest BCUT2D eigenvalue weighted by atomic mass is 16.5. The van der Waals surface area contributed by atoms with Gasteiger partial charge in [-0.15, -0.1) is 0 Å². The first-order chi connectivity index (χ1) is 28.8. The maximum atomic E-state index is 10.6. The van der Waals surface area contributed by atoms with Gasteiger partial charge in [-0.05, 0) is 102 Å². The third kappa shape index (κ3) is 8.27. The van der Waals surface area contributed by atoms with Gasteiger partial charge in [0.2, 0.25) is 0 Å². The van der Waals surface area contributed by atoms with Crippen LogP contribution in [0.1, 0.15) is 44.0 Å². The Morgan fingerprint density at radius 2 is 1.14 bits per heavy atom. The Kier molecular flexibility index (Phi) is 11.4. The predicted molar refractivity (Wildman–Crippen MR) is 234 cm³/mol. The fourth-order valence-electron chi connectivity index (χ4n) is 7.59. The summed E-state index contributed by atoms with van der Waals surface area (Å²) in [6.07, 6.45) is 4.02. The molecule has 59 heavy (non-hydrogen) atoms. The Bertz CT molecular complexity index is 2700. The summed E-state index contributed by atoms with van der Waals surface area (Å²) in [7, 11) is 5.54. The molecule has 6 heterocycles. The van der Waals surface area contributed by atoms with Crippen molar-refractivity contribution < 1.29 is 9.84 Å². The van der Waals surface area contributed by atoms with E-state index in [-0.39, 0.29) is 5.75 Å². The van der Waals surface area contributed by atoms with Crippen molar-refractivity contribution in [2.45, 2.75) is 32.6 Å². The zero-order valence-electron chi connectivity index (χ0n) is 34.5. The van der Waals surface area contributed by atoms with Crippen molar-refractivity contribution in [1.29, 1.82) is 0 Å². The number of aryl methyl sites for hydroxylation is 2. The molecule has 12 nitrogen and oxygen atoms in total. The van der Waals surface area contributed by atoms with Crippen LogP contribution in [0, 0.1) is 0 Å². The summed E-state index contributed by atoms with van der Waals surface area (Å²) in [4.78, 5) is 2.38. The summed E-state index contributed by atoms with van der Waals surface area (Å²) in [6.45, 7) is 11.3. The molecule has 2 aliphatic heterocycles. The molecule has 0 saturated carbocycles. The fourth-order valence-corrected chi connectivity index (χ4v) is 7.59. The van der Waals surface area contributed by atoms with Gasteiger partial charge in [0.1, 0.15) is 11.5 Å². The average molecular weight is 787 g/mol. The molecule has 2 N–H and O–H groups in total. The number of rotatable bonds is 8. The number of methoxy groups -OCH3 is 1. The molecule has 2 fully saturated rings.